The lowest BCUT2D eigenvalue weighted by Crippen LogP contribution is -2.32. The highest BCUT2D eigenvalue weighted by Crippen LogP contribution is 2.32. The van der Waals surface area contributed by atoms with Crippen LogP contribution in [0.5, 0.6) is 0 Å². The van der Waals surface area contributed by atoms with Crippen LogP contribution in [0.2, 0.25) is 0 Å². The number of anilines is 1. The molecule has 16 heavy (non-hydrogen) atoms. The van der Waals surface area contributed by atoms with Crippen molar-refractivity contribution in [2.24, 2.45) is 0 Å². The van der Waals surface area contributed by atoms with Gasteiger partial charge in [0, 0.05) is 18.0 Å². The molecule has 88 valence electrons. The van der Waals surface area contributed by atoms with E-state index in [2.05, 4.69) is 9.97 Å². The van der Waals surface area contributed by atoms with E-state index in [4.69, 9.17) is 15.6 Å². The number of hydrogen-bond donors (Lipinski definition) is 4. The summed E-state index contributed by atoms with van der Waals surface area (Å²) in [5.41, 5.74) is 5.84. The van der Waals surface area contributed by atoms with Gasteiger partial charge in [-0.1, -0.05) is 0 Å². The molecule has 1 fully saturated rings. The number of nitrogen functional groups attached to an aromatic ring is 1. The number of nitrogens with zero attached hydrogens (tertiary/aromatic N) is 2. The van der Waals surface area contributed by atoms with Crippen molar-refractivity contribution in [2.45, 2.75) is 24.4 Å². The molecule has 5 N–H and O–H groups in total. The van der Waals surface area contributed by atoms with Gasteiger partial charge in [0.1, 0.15) is 24.4 Å². The van der Waals surface area contributed by atoms with Gasteiger partial charge < -0.3 is 25.8 Å². The molecule has 0 unspecified atom stereocenters. The van der Waals surface area contributed by atoms with Crippen LogP contribution in [0.4, 0.5) is 5.95 Å². The minimum absolute atomic E-state index is 0.121. The fourth-order valence-electron chi connectivity index (χ4n) is 1.67. The lowest BCUT2D eigenvalue weighted by atomic mass is 10.0. The topological polar surface area (TPSA) is 122 Å². The van der Waals surface area contributed by atoms with Crippen LogP contribution < -0.4 is 5.73 Å². The molecule has 0 radical (unpaired) electrons. The van der Waals surface area contributed by atoms with Crippen LogP contribution in [-0.4, -0.2) is 50.2 Å². The second-order valence-electron chi connectivity index (χ2n) is 3.63. The first-order valence-corrected chi connectivity index (χ1v) is 4.83. The maximum atomic E-state index is 9.71. The van der Waals surface area contributed by atoms with Gasteiger partial charge >= 0.3 is 0 Å². The van der Waals surface area contributed by atoms with Gasteiger partial charge in [-0.25, -0.2) is 9.97 Å². The molecule has 0 saturated carbocycles. The number of ether oxygens (including phenoxy) is 1. The van der Waals surface area contributed by atoms with Crippen LogP contribution in [-0.2, 0) is 4.74 Å². The maximum Gasteiger partial charge on any atom is 0.219 e. The molecule has 7 nitrogen and oxygen atoms in total. The average molecular weight is 227 g/mol. The number of aliphatic hydroxyl groups is 3. The van der Waals surface area contributed by atoms with Gasteiger partial charge in [-0.05, 0) is 0 Å². The van der Waals surface area contributed by atoms with Gasteiger partial charge in [-0.2, -0.15) is 0 Å². The van der Waals surface area contributed by atoms with E-state index in [9.17, 15) is 10.2 Å². The molecule has 2 rings (SSSR count). The number of aliphatic hydroxyl groups excluding tert-OH is 3. The average Bonchev–Trinajstić information content (AvgIpc) is 2.57. The molecule has 1 saturated heterocycles. The van der Waals surface area contributed by atoms with Gasteiger partial charge in [0.2, 0.25) is 5.95 Å². The molecule has 0 aliphatic carbocycles. The van der Waals surface area contributed by atoms with Crippen molar-refractivity contribution < 1.29 is 20.1 Å². The molecule has 0 bridgehead atoms. The van der Waals surface area contributed by atoms with Crippen molar-refractivity contribution in [1.82, 2.24) is 9.97 Å². The van der Waals surface area contributed by atoms with Gasteiger partial charge in [0.05, 0.1) is 6.61 Å². The fraction of sp³-hybridized carbons (Fsp3) is 0.556. The standard InChI is InChI=1S/C9H13N3O4/c10-9-11-1-4(2-12-9)8-7(15)6(14)5(3-13)16-8/h1-2,5-8,13-15H,3H2,(H2,10,11,12)/t5-,6-,7-,8+/m1/s1. The van der Waals surface area contributed by atoms with Gasteiger partial charge in [0.15, 0.2) is 0 Å². The lowest BCUT2D eigenvalue weighted by Gasteiger charge is -2.13. The molecule has 4 atom stereocenters. The third kappa shape index (κ3) is 1.85. The number of nitrogens with two attached hydrogens (primary N) is 1. The van der Waals surface area contributed by atoms with Crippen LogP contribution in [0.15, 0.2) is 12.4 Å². The van der Waals surface area contributed by atoms with E-state index in [1.165, 1.54) is 12.4 Å². The quantitative estimate of drug-likeness (QED) is 0.470. The summed E-state index contributed by atoms with van der Waals surface area (Å²) in [6.07, 6.45) is -0.923. The van der Waals surface area contributed by atoms with E-state index < -0.39 is 24.4 Å². The first kappa shape index (κ1) is 11.2. The fourth-order valence-corrected chi connectivity index (χ4v) is 1.67. The Morgan fingerprint density at radius 3 is 2.38 bits per heavy atom. The lowest BCUT2D eigenvalue weighted by molar-refractivity contribution is -0.0229. The van der Waals surface area contributed by atoms with Crippen LogP contribution in [0, 0.1) is 0 Å². The van der Waals surface area contributed by atoms with Crippen LogP contribution in [0.1, 0.15) is 11.7 Å². The Hall–Kier alpha value is -1.28. The highest BCUT2D eigenvalue weighted by atomic mass is 16.6. The first-order valence-electron chi connectivity index (χ1n) is 4.83. The van der Waals surface area contributed by atoms with Crippen molar-refractivity contribution in [3.8, 4) is 0 Å². The smallest absolute Gasteiger partial charge is 0.219 e. The van der Waals surface area contributed by atoms with Crippen LogP contribution in [0.3, 0.4) is 0 Å². The Kier molecular flexibility index (Phi) is 3.01. The number of rotatable bonds is 2. The van der Waals surface area contributed by atoms with Gasteiger partial charge in [-0.3, -0.25) is 0 Å². The maximum absolute atomic E-state index is 9.71. The second-order valence-corrected chi connectivity index (χ2v) is 3.63. The summed E-state index contributed by atoms with van der Waals surface area (Å²) in [5.74, 6) is 0.121. The van der Waals surface area contributed by atoms with Gasteiger partial charge in [-0.15, -0.1) is 0 Å². The summed E-state index contributed by atoms with van der Waals surface area (Å²) in [4.78, 5) is 7.53. The highest BCUT2D eigenvalue weighted by molar-refractivity contribution is 5.20. The van der Waals surface area contributed by atoms with E-state index >= 15 is 0 Å². The Labute approximate surface area is 91.5 Å². The Bertz CT molecular complexity index is 358. The van der Waals surface area contributed by atoms with Crippen molar-refractivity contribution in [2.75, 3.05) is 12.3 Å². The van der Waals surface area contributed by atoms with E-state index in [0.717, 1.165) is 0 Å². The first-order chi connectivity index (χ1) is 7.63. The molecule has 2 heterocycles. The van der Waals surface area contributed by atoms with Crippen molar-refractivity contribution >= 4 is 5.95 Å². The third-order valence-corrected chi connectivity index (χ3v) is 2.56. The van der Waals surface area contributed by atoms with Crippen molar-refractivity contribution in [3.63, 3.8) is 0 Å². The summed E-state index contributed by atoms with van der Waals surface area (Å²) in [7, 11) is 0. The highest BCUT2D eigenvalue weighted by Gasteiger charge is 2.43. The number of aromatic nitrogens is 2. The van der Waals surface area contributed by atoms with E-state index in [1.54, 1.807) is 0 Å². The van der Waals surface area contributed by atoms with Crippen molar-refractivity contribution in [1.29, 1.82) is 0 Å². The molecule has 1 aromatic rings. The van der Waals surface area contributed by atoms with E-state index in [-0.39, 0.29) is 12.6 Å². The van der Waals surface area contributed by atoms with E-state index in [1.807, 2.05) is 0 Å². The molecule has 7 heteroatoms. The molecule has 0 spiro atoms. The van der Waals surface area contributed by atoms with Crippen LogP contribution in [0.25, 0.3) is 0 Å². The molecular weight excluding hydrogens is 214 g/mol. The molecular formula is C9H13N3O4. The Morgan fingerprint density at radius 2 is 1.88 bits per heavy atom. The zero-order valence-electron chi connectivity index (χ0n) is 8.39. The minimum Gasteiger partial charge on any atom is -0.394 e. The second kappa shape index (κ2) is 4.30. The molecule has 0 amide bonds. The predicted octanol–water partition coefficient (Wildman–Crippen LogP) is -1.79. The summed E-state index contributed by atoms with van der Waals surface area (Å²) in [6.45, 7) is -0.357. The summed E-state index contributed by atoms with van der Waals surface area (Å²) < 4.78 is 5.29. The number of hydrogen-bond acceptors (Lipinski definition) is 7. The zero-order valence-corrected chi connectivity index (χ0v) is 8.39. The van der Waals surface area contributed by atoms with Crippen molar-refractivity contribution in [3.05, 3.63) is 18.0 Å². The summed E-state index contributed by atoms with van der Waals surface area (Å²) >= 11 is 0. The van der Waals surface area contributed by atoms with E-state index in [0.29, 0.717) is 5.56 Å². The van der Waals surface area contributed by atoms with Gasteiger partial charge in [0.25, 0.3) is 0 Å². The molecule has 0 aromatic carbocycles. The monoisotopic (exact) mass is 227 g/mol. The minimum atomic E-state index is -1.12. The Morgan fingerprint density at radius 1 is 1.25 bits per heavy atom. The molecule has 1 aliphatic rings. The predicted molar refractivity (Wildman–Crippen MR) is 53.2 cm³/mol. The Balaban J connectivity index is 2.19. The normalized spacial score (nSPS) is 34.2. The largest absolute Gasteiger partial charge is 0.394 e. The molecule has 1 aliphatic heterocycles. The molecule has 1 aromatic heterocycles. The van der Waals surface area contributed by atoms with Crippen LogP contribution >= 0.6 is 0 Å². The summed E-state index contributed by atoms with van der Waals surface area (Å²) in [5, 5.41) is 28.2. The zero-order chi connectivity index (χ0) is 11.7. The third-order valence-electron chi connectivity index (χ3n) is 2.56. The SMILES string of the molecule is Nc1ncc([C@@H]2O[C@H](CO)[C@@H](O)[C@H]2O)cn1. The summed E-state index contributed by atoms with van der Waals surface area (Å²) in [6, 6.07) is 0.